The lowest BCUT2D eigenvalue weighted by Gasteiger charge is -2.26. The number of anilines is 1. The van der Waals surface area contributed by atoms with Gasteiger partial charge < -0.3 is 4.90 Å². The molecular formula is C12H16ClN. The second-order valence-electron chi connectivity index (χ2n) is 3.46. The van der Waals surface area contributed by atoms with E-state index in [9.17, 15) is 0 Å². The fourth-order valence-corrected chi connectivity index (χ4v) is 1.53. The van der Waals surface area contributed by atoms with Crippen LogP contribution in [0.2, 0.25) is 5.02 Å². The van der Waals surface area contributed by atoms with Crippen molar-refractivity contribution in [2.75, 3.05) is 11.9 Å². The third kappa shape index (κ3) is 2.78. The van der Waals surface area contributed by atoms with Crippen molar-refractivity contribution in [3.63, 3.8) is 0 Å². The van der Waals surface area contributed by atoms with Crippen LogP contribution < -0.4 is 4.90 Å². The summed E-state index contributed by atoms with van der Waals surface area (Å²) in [5.74, 6) is 0. The van der Waals surface area contributed by atoms with Crippen LogP contribution in [0.1, 0.15) is 13.3 Å². The van der Waals surface area contributed by atoms with Gasteiger partial charge in [0.05, 0.1) is 0 Å². The van der Waals surface area contributed by atoms with Gasteiger partial charge in [-0.1, -0.05) is 23.7 Å². The maximum atomic E-state index is 5.92. The lowest BCUT2D eigenvalue weighted by molar-refractivity contribution is 0.697. The van der Waals surface area contributed by atoms with Crippen molar-refractivity contribution in [2.24, 2.45) is 0 Å². The van der Waals surface area contributed by atoms with Gasteiger partial charge in [0.15, 0.2) is 0 Å². The molecule has 0 aromatic heterocycles. The molecule has 2 heteroatoms. The van der Waals surface area contributed by atoms with E-state index in [0.717, 1.165) is 17.1 Å². The highest BCUT2D eigenvalue weighted by molar-refractivity contribution is 6.30. The molecule has 0 bridgehead atoms. The Morgan fingerprint density at radius 1 is 1.57 bits per heavy atom. The molecule has 0 radical (unpaired) electrons. The van der Waals surface area contributed by atoms with Gasteiger partial charge in [0.2, 0.25) is 0 Å². The van der Waals surface area contributed by atoms with Crippen LogP contribution >= 0.6 is 11.6 Å². The molecule has 1 atom stereocenters. The summed E-state index contributed by atoms with van der Waals surface area (Å²) >= 11 is 5.92. The van der Waals surface area contributed by atoms with Crippen LogP contribution in [0.3, 0.4) is 0 Å². The first-order valence-electron chi connectivity index (χ1n) is 4.74. The molecule has 76 valence electrons. The molecule has 0 saturated carbocycles. The fourth-order valence-electron chi connectivity index (χ4n) is 1.35. The van der Waals surface area contributed by atoms with E-state index >= 15 is 0 Å². The Morgan fingerprint density at radius 2 is 2.29 bits per heavy atom. The largest absolute Gasteiger partial charge is 0.372 e. The molecular weight excluding hydrogens is 194 g/mol. The van der Waals surface area contributed by atoms with E-state index in [1.807, 2.05) is 24.3 Å². The summed E-state index contributed by atoms with van der Waals surface area (Å²) in [4.78, 5) is 2.20. The van der Waals surface area contributed by atoms with E-state index in [-0.39, 0.29) is 0 Å². The third-order valence-electron chi connectivity index (χ3n) is 2.38. The number of nitrogens with zero attached hydrogens (tertiary/aromatic N) is 1. The summed E-state index contributed by atoms with van der Waals surface area (Å²) in [6, 6.07) is 8.34. The number of hydrogen-bond donors (Lipinski definition) is 0. The Bertz CT molecular complexity index is 309. The molecule has 0 unspecified atom stereocenters. The summed E-state index contributed by atoms with van der Waals surface area (Å²) in [7, 11) is 2.07. The molecule has 14 heavy (non-hydrogen) atoms. The van der Waals surface area contributed by atoms with Crippen LogP contribution in [0.15, 0.2) is 36.9 Å². The minimum atomic E-state index is 0.450. The van der Waals surface area contributed by atoms with Gasteiger partial charge in [0, 0.05) is 23.8 Å². The summed E-state index contributed by atoms with van der Waals surface area (Å²) in [6.45, 7) is 5.91. The van der Waals surface area contributed by atoms with Gasteiger partial charge in [-0.2, -0.15) is 0 Å². The van der Waals surface area contributed by atoms with Gasteiger partial charge in [-0.15, -0.1) is 6.58 Å². The van der Waals surface area contributed by atoms with Crippen LogP contribution in [0, 0.1) is 0 Å². The van der Waals surface area contributed by atoms with Gasteiger partial charge in [0.25, 0.3) is 0 Å². The van der Waals surface area contributed by atoms with Crippen molar-refractivity contribution < 1.29 is 0 Å². The first kappa shape index (κ1) is 11.1. The van der Waals surface area contributed by atoms with Crippen LogP contribution in [0.25, 0.3) is 0 Å². The van der Waals surface area contributed by atoms with Crippen molar-refractivity contribution in [1.82, 2.24) is 0 Å². The summed E-state index contributed by atoms with van der Waals surface area (Å²) in [6.07, 6.45) is 2.91. The van der Waals surface area contributed by atoms with E-state index in [1.165, 1.54) is 0 Å². The van der Waals surface area contributed by atoms with Crippen LogP contribution in [-0.2, 0) is 0 Å². The first-order chi connectivity index (χ1) is 6.65. The zero-order valence-corrected chi connectivity index (χ0v) is 9.46. The molecule has 0 aliphatic rings. The second-order valence-corrected chi connectivity index (χ2v) is 3.90. The predicted molar refractivity (Wildman–Crippen MR) is 64.1 cm³/mol. The summed E-state index contributed by atoms with van der Waals surface area (Å²) in [5, 5.41) is 0.778. The lowest BCUT2D eigenvalue weighted by atomic mass is 10.2. The monoisotopic (exact) mass is 209 g/mol. The van der Waals surface area contributed by atoms with Crippen LogP contribution in [0.4, 0.5) is 5.69 Å². The molecule has 0 spiro atoms. The van der Waals surface area contributed by atoms with Gasteiger partial charge in [-0.05, 0) is 31.5 Å². The first-order valence-corrected chi connectivity index (χ1v) is 5.12. The maximum absolute atomic E-state index is 5.92. The summed E-state index contributed by atoms with van der Waals surface area (Å²) in [5.41, 5.74) is 1.15. The van der Waals surface area contributed by atoms with E-state index in [4.69, 9.17) is 11.6 Å². The molecule has 0 aliphatic carbocycles. The molecule has 0 amide bonds. The Morgan fingerprint density at radius 3 is 2.86 bits per heavy atom. The predicted octanol–water partition coefficient (Wildman–Crippen LogP) is 3.74. The standard InChI is InChI=1S/C12H16ClN/c1-4-6-10(2)14(3)12-8-5-7-11(13)9-12/h4-5,7-10H,1,6H2,2-3H3/t10-/m0/s1. The van der Waals surface area contributed by atoms with Crippen molar-refractivity contribution >= 4 is 17.3 Å². The average molecular weight is 210 g/mol. The zero-order chi connectivity index (χ0) is 10.6. The van der Waals surface area contributed by atoms with E-state index in [2.05, 4.69) is 31.5 Å². The van der Waals surface area contributed by atoms with E-state index in [0.29, 0.717) is 6.04 Å². The highest BCUT2D eigenvalue weighted by Gasteiger charge is 2.07. The van der Waals surface area contributed by atoms with Crippen LogP contribution in [-0.4, -0.2) is 13.1 Å². The van der Waals surface area contributed by atoms with Crippen molar-refractivity contribution in [3.05, 3.63) is 41.9 Å². The second kappa shape index (κ2) is 5.06. The molecule has 1 nitrogen and oxygen atoms in total. The van der Waals surface area contributed by atoms with Crippen molar-refractivity contribution in [1.29, 1.82) is 0 Å². The van der Waals surface area contributed by atoms with Crippen molar-refractivity contribution in [3.8, 4) is 0 Å². The van der Waals surface area contributed by atoms with Crippen LogP contribution in [0.5, 0.6) is 0 Å². The molecule has 0 aliphatic heterocycles. The Labute approximate surface area is 91.0 Å². The molecule has 0 fully saturated rings. The lowest BCUT2D eigenvalue weighted by Crippen LogP contribution is -2.28. The fraction of sp³-hybridized carbons (Fsp3) is 0.333. The number of rotatable bonds is 4. The van der Waals surface area contributed by atoms with Gasteiger partial charge in [-0.3, -0.25) is 0 Å². The van der Waals surface area contributed by atoms with Gasteiger partial charge >= 0.3 is 0 Å². The number of hydrogen-bond acceptors (Lipinski definition) is 1. The minimum Gasteiger partial charge on any atom is -0.372 e. The molecule has 1 aromatic rings. The quantitative estimate of drug-likeness (QED) is 0.683. The minimum absolute atomic E-state index is 0.450. The van der Waals surface area contributed by atoms with Gasteiger partial charge in [0.1, 0.15) is 0 Å². The van der Waals surface area contributed by atoms with Crippen molar-refractivity contribution in [2.45, 2.75) is 19.4 Å². The highest BCUT2D eigenvalue weighted by Crippen LogP contribution is 2.20. The highest BCUT2D eigenvalue weighted by atomic mass is 35.5. The summed E-state index contributed by atoms with van der Waals surface area (Å²) < 4.78 is 0. The van der Waals surface area contributed by atoms with E-state index in [1.54, 1.807) is 0 Å². The molecule has 0 saturated heterocycles. The third-order valence-corrected chi connectivity index (χ3v) is 2.62. The van der Waals surface area contributed by atoms with E-state index < -0.39 is 0 Å². The Balaban J connectivity index is 2.77. The average Bonchev–Trinajstić information content (AvgIpc) is 2.17. The number of benzene rings is 1. The smallest absolute Gasteiger partial charge is 0.0426 e. The molecule has 0 heterocycles. The Kier molecular flexibility index (Phi) is 4.02. The molecule has 0 N–H and O–H groups in total. The zero-order valence-electron chi connectivity index (χ0n) is 8.70. The number of halogens is 1. The normalized spacial score (nSPS) is 12.2. The topological polar surface area (TPSA) is 3.24 Å². The molecule has 1 aromatic carbocycles. The maximum Gasteiger partial charge on any atom is 0.0426 e. The SMILES string of the molecule is C=CC[C@H](C)N(C)c1cccc(Cl)c1. The van der Waals surface area contributed by atoms with Gasteiger partial charge in [-0.25, -0.2) is 0 Å². The Hall–Kier alpha value is -0.950. The molecule has 1 rings (SSSR count).